The van der Waals surface area contributed by atoms with Crippen LogP contribution in [0.3, 0.4) is 0 Å². The number of aromatic amines is 1. The van der Waals surface area contributed by atoms with Gasteiger partial charge in [-0.1, -0.05) is 30.3 Å². The van der Waals surface area contributed by atoms with E-state index in [4.69, 9.17) is 21.4 Å². The molecule has 1 heterocycles. The maximum atomic E-state index is 5.73. The van der Waals surface area contributed by atoms with Crippen LogP contribution < -0.4 is 4.74 Å². The van der Waals surface area contributed by atoms with E-state index in [0.717, 1.165) is 22.6 Å². The highest BCUT2D eigenvalue weighted by atomic mass is 32.1. The number of hydrogen-bond donors (Lipinski definition) is 1. The summed E-state index contributed by atoms with van der Waals surface area (Å²) in [4.78, 5) is 3.36. The van der Waals surface area contributed by atoms with Gasteiger partial charge in [0.1, 0.15) is 18.6 Å². The average Bonchev–Trinajstić information content (AvgIpc) is 2.93. The van der Waals surface area contributed by atoms with Gasteiger partial charge in [-0.3, -0.25) is 0 Å². The molecule has 3 nitrogen and oxygen atoms in total. The van der Waals surface area contributed by atoms with Crippen molar-refractivity contribution in [1.29, 1.82) is 0 Å². The molecule has 0 aliphatic heterocycles. The Balaban J connectivity index is 1.69. The summed E-state index contributed by atoms with van der Waals surface area (Å²) in [5.74, 6) is 0.833. The van der Waals surface area contributed by atoms with Crippen LogP contribution in [0.4, 0.5) is 0 Å². The minimum Gasteiger partial charge on any atom is -0.489 e. The van der Waals surface area contributed by atoms with Gasteiger partial charge in [-0.05, 0) is 42.0 Å². The first-order valence-electron chi connectivity index (χ1n) is 6.26. The van der Waals surface area contributed by atoms with Crippen LogP contribution in [0.2, 0.25) is 0 Å². The smallest absolute Gasteiger partial charge is 0.266 e. The number of rotatable bonds is 4. The Bertz CT molecular complexity index is 729. The van der Waals surface area contributed by atoms with E-state index in [1.165, 1.54) is 0 Å². The lowest BCUT2D eigenvalue weighted by molar-refractivity contribution is 0.306. The van der Waals surface area contributed by atoms with E-state index >= 15 is 0 Å². The van der Waals surface area contributed by atoms with Gasteiger partial charge in [0.15, 0.2) is 0 Å². The third-order valence-electron chi connectivity index (χ3n) is 2.93. The first-order valence-corrected chi connectivity index (χ1v) is 6.67. The summed E-state index contributed by atoms with van der Waals surface area (Å²) in [6.45, 7) is 0.564. The molecule has 1 N–H and O–H groups in total. The second kappa shape index (κ2) is 5.75. The molecule has 0 aliphatic carbocycles. The van der Waals surface area contributed by atoms with E-state index in [1.54, 1.807) is 6.26 Å². The predicted molar refractivity (Wildman–Crippen MR) is 80.1 cm³/mol. The van der Waals surface area contributed by atoms with Gasteiger partial charge in [0.2, 0.25) is 0 Å². The van der Waals surface area contributed by atoms with Crippen molar-refractivity contribution >= 4 is 12.2 Å². The molecule has 3 rings (SSSR count). The van der Waals surface area contributed by atoms with Gasteiger partial charge in [-0.15, -0.1) is 0 Å². The summed E-state index contributed by atoms with van der Waals surface area (Å²) in [7, 11) is 0. The van der Waals surface area contributed by atoms with Crippen LogP contribution in [0.15, 0.2) is 65.3 Å². The highest BCUT2D eigenvalue weighted by Gasteiger charge is 2.01. The number of oxazole rings is 1. The summed E-state index contributed by atoms with van der Waals surface area (Å²) < 4.78 is 10.8. The van der Waals surface area contributed by atoms with Crippen LogP contribution in [0.1, 0.15) is 5.56 Å². The zero-order chi connectivity index (χ0) is 13.8. The lowest BCUT2D eigenvalue weighted by Crippen LogP contribution is -1.94. The SMILES string of the molecule is S=c1[nH]c(-c2ccc(OCc3ccccc3)cc2)co1. The second-order valence-corrected chi connectivity index (χ2v) is 4.73. The monoisotopic (exact) mass is 283 g/mol. The molecule has 0 saturated heterocycles. The normalized spacial score (nSPS) is 10.4. The summed E-state index contributed by atoms with van der Waals surface area (Å²) in [6, 6.07) is 17.9. The fraction of sp³-hybridized carbons (Fsp3) is 0.0625. The fourth-order valence-corrected chi connectivity index (χ4v) is 2.05. The van der Waals surface area contributed by atoms with Crippen LogP contribution in [0.25, 0.3) is 11.3 Å². The highest BCUT2D eigenvalue weighted by Crippen LogP contribution is 2.21. The van der Waals surface area contributed by atoms with Crippen LogP contribution in [0, 0.1) is 4.84 Å². The topological polar surface area (TPSA) is 38.2 Å². The van der Waals surface area contributed by atoms with Crippen molar-refractivity contribution in [2.24, 2.45) is 0 Å². The lowest BCUT2D eigenvalue weighted by atomic mass is 10.2. The third-order valence-corrected chi connectivity index (χ3v) is 3.13. The average molecular weight is 283 g/mol. The first-order chi connectivity index (χ1) is 9.81. The van der Waals surface area contributed by atoms with Gasteiger partial charge in [0.25, 0.3) is 4.84 Å². The number of ether oxygens (including phenoxy) is 1. The standard InChI is InChI=1S/C16H13NO2S/c20-16-17-15(11-19-16)13-6-8-14(9-7-13)18-10-12-4-2-1-3-5-12/h1-9,11H,10H2,(H,17,20). The van der Waals surface area contributed by atoms with E-state index in [9.17, 15) is 0 Å². The number of nitrogens with one attached hydrogen (secondary N) is 1. The van der Waals surface area contributed by atoms with Crippen molar-refractivity contribution < 1.29 is 9.15 Å². The van der Waals surface area contributed by atoms with E-state index in [2.05, 4.69) is 4.98 Å². The van der Waals surface area contributed by atoms with Gasteiger partial charge in [0, 0.05) is 5.56 Å². The van der Waals surface area contributed by atoms with Crippen LogP contribution >= 0.6 is 12.2 Å². The van der Waals surface area contributed by atoms with E-state index in [0.29, 0.717) is 11.4 Å². The van der Waals surface area contributed by atoms with Gasteiger partial charge in [0.05, 0.1) is 5.69 Å². The quantitative estimate of drug-likeness (QED) is 0.712. The Morgan fingerprint density at radius 3 is 2.40 bits per heavy atom. The molecule has 100 valence electrons. The maximum absolute atomic E-state index is 5.73. The molecule has 3 aromatic rings. The summed E-state index contributed by atoms with van der Waals surface area (Å²) >= 11 is 4.91. The zero-order valence-corrected chi connectivity index (χ0v) is 11.5. The number of H-pyrrole nitrogens is 1. The maximum Gasteiger partial charge on any atom is 0.266 e. The van der Waals surface area contributed by atoms with E-state index in [1.807, 2.05) is 54.6 Å². The summed E-state index contributed by atoms with van der Waals surface area (Å²) in [5.41, 5.74) is 3.03. The number of hydrogen-bond acceptors (Lipinski definition) is 3. The van der Waals surface area contributed by atoms with Crippen molar-refractivity contribution in [1.82, 2.24) is 4.98 Å². The largest absolute Gasteiger partial charge is 0.489 e. The Labute approximate surface area is 121 Å². The highest BCUT2D eigenvalue weighted by molar-refractivity contribution is 7.71. The minimum absolute atomic E-state index is 0.379. The predicted octanol–water partition coefficient (Wildman–Crippen LogP) is 4.58. The molecule has 20 heavy (non-hydrogen) atoms. The Kier molecular flexibility index (Phi) is 3.65. The fourth-order valence-electron chi connectivity index (χ4n) is 1.89. The molecule has 0 amide bonds. The lowest BCUT2D eigenvalue weighted by Gasteiger charge is -2.06. The van der Waals surface area contributed by atoms with Crippen molar-refractivity contribution in [3.05, 3.63) is 71.3 Å². The molecule has 0 spiro atoms. The van der Waals surface area contributed by atoms with Crippen molar-refractivity contribution in [3.63, 3.8) is 0 Å². The molecule has 0 aliphatic rings. The molecule has 2 aromatic carbocycles. The van der Waals surface area contributed by atoms with E-state index < -0.39 is 0 Å². The Hall–Kier alpha value is -2.33. The summed E-state index contributed by atoms with van der Waals surface area (Å²) in [5, 5.41) is 0. The molecule has 1 aromatic heterocycles. The van der Waals surface area contributed by atoms with Gasteiger partial charge >= 0.3 is 0 Å². The Morgan fingerprint density at radius 1 is 1.00 bits per heavy atom. The van der Waals surface area contributed by atoms with Gasteiger partial charge in [-0.2, -0.15) is 0 Å². The molecule has 0 radical (unpaired) electrons. The Morgan fingerprint density at radius 2 is 1.75 bits per heavy atom. The number of aromatic nitrogens is 1. The molecular weight excluding hydrogens is 270 g/mol. The molecule has 0 saturated carbocycles. The molecule has 0 fully saturated rings. The molecule has 0 bridgehead atoms. The second-order valence-electron chi connectivity index (χ2n) is 4.36. The molecule has 0 atom stereocenters. The van der Waals surface area contributed by atoms with Gasteiger partial charge in [-0.25, -0.2) is 0 Å². The van der Waals surface area contributed by atoms with Crippen LogP contribution in [-0.4, -0.2) is 4.98 Å². The first kappa shape index (κ1) is 12.7. The molecule has 0 unspecified atom stereocenters. The number of benzene rings is 2. The van der Waals surface area contributed by atoms with Crippen molar-refractivity contribution in [2.45, 2.75) is 6.61 Å². The van der Waals surface area contributed by atoms with Crippen molar-refractivity contribution in [3.8, 4) is 17.0 Å². The minimum atomic E-state index is 0.379. The summed E-state index contributed by atoms with van der Waals surface area (Å²) in [6.07, 6.45) is 1.61. The van der Waals surface area contributed by atoms with E-state index in [-0.39, 0.29) is 0 Å². The third kappa shape index (κ3) is 2.97. The van der Waals surface area contributed by atoms with Gasteiger partial charge < -0.3 is 14.1 Å². The van der Waals surface area contributed by atoms with Crippen LogP contribution in [0.5, 0.6) is 5.75 Å². The zero-order valence-electron chi connectivity index (χ0n) is 10.7. The van der Waals surface area contributed by atoms with Crippen molar-refractivity contribution in [2.75, 3.05) is 0 Å². The molecular formula is C16H13NO2S. The van der Waals surface area contributed by atoms with Crippen LogP contribution in [-0.2, 0) is 6.61 Å². The molecule has 4 heteroatoms.